The minimum absolute atomic E-state index is 0.164. The molecule has 0 atom stereocenters. The average molecular weight is 295 g/mol. The van der Waals surface area contributed by atoms with Crippen LogP contribution in [0.2, 0.25) is 0 Å². The number of aryl methyl sites for hydroxylation is 1. The molecule has 1 aromatic rings. The first-order valence-corrected chi connectivity index (χ1v) is 6.61. The zero-order chi connectivity index (χ0) is 15.6. The van der Waals surface area contributed by atoms with Crippen LogP contribution >= 0.6 is 0 Å². The largest absolute Gasteiger partial charge is 0.506 e. The zero-order valence-electron chi connectivity index (χ0n) is 11.9. The van der Waals surface area contributed by atoms with Crippen LogP contribution in [0.1, 0.15) is 48.2 Å². The number of carbonyl (C=O) groups excluding carboxylic acids is 1. The van der Waals surface area contributed by atoms with Crippen LogP contribution in [-0.2, 0) is 22.7 Å². The molecule has 0 spiro atoms. The summed E-state index contributed by atoms with van der Waals surface area (Å²) in [5.41, 5.74) is 2.06. The SMILES string of the molecule is CC(=O)Oc1c(C)nc(C2CC2)c(CO)c1COC(=O)O. The number of rotatable bonds is 5. The number of esters is 1. The van der Waals surface area contributed by atoms with E-state index in [1.807, 2.05) is 0 Å². The number of hydrogen-bond acceptors (Lipinski definition) is 6. The molecule has 114 valence electrons. The van der Waals surface area contributed by atoms with Crippen molar-refractivity contribution in [3.8, 4) is 5.75 Å². The minimum Gasteiger partial charge on any atom is -0.450 e. The van der Waals surface area contributed by atoms with Gasteiger partial charge in [0.2, 0.25) is 0 Å². The second-order valence-electron chi connectivity index (χ2n) is 4.95. The lowest BCUT2D eigenvalue weighted by Crippen LogP contribution is -2.14. The van der Waals surface area contributed by atoms with Crippen LogP contribution < -0.4 is 4.74 Å². The highest BCUT2D eigenvalue weighted by molar-refractivity contribution is 5.70. The fraction of sp³-hybridized carbons (Fsp3) is 0.500. The molecule has 21 heavy (non-hydrogen) atoms. The third-order valence-electron chi connectivity index (χ3n) is 3.27. The normalized spacial score (nSPS) is 13.9. The van der Waals surface area contributed by atoms with Gasteiger partial charge in [-0.25, -0.2) is 4.79 Å². The Bertz CT molecular complexity index is 579. The molecule has 7 nitrogen and oxygen atoms in total. The van der Waals surface area contributed by atoms with E-state index in [0.29, 0.717) is 16.8 Å². The van der Waals surface area contributed by atoms with E-state index in [-0.39, 0.29) is 24.9 Å². The van der Waals surface area contributed by atoms with Gasteiger partial charge < -0.3 is 19.7 Å². The molecule has 2 N–H and O–H groups in total. The van der Waals surface area contributed by atoms with Crippen LogP contribution in [0.5, 0.6) is 5.75 Å². The van der Waals surface area contributed by atoms with Gasteiger partial charge in [-0.2, -0.15) is 0 Å². The maximum Gasteiger partial charge on any atom is 0.506 e. The van der Waals surface area contributed by atoms with E-state index in [4.69, 9.17) is 9.84 Å². The van der Waals surface area contributed by atoms with Gasteiger partial charge in [-0.3, -0.25) is 9.78 Å². The molecule has 0 amide bonds. The van der Waals surface area contributed by atoms with Crippen LogP contribution in [0.3, 0.4) is 0 Å². The van der Waals surface area contributed by atoms with Crippen molar-refractivity contribution in [3.63, 3.8) is 0 Å². The predicted molar refractivity (Wildman–Crippen MR) is 71.0 cm³/mol. The summed E-state index contributed by atoms with van der Waals surface area (Å²) in [6.45, 7) is 2.31. The second-order valence-corrected chi connectivity index (χ2v) is 4.95. The Labute approximate surface area is 121 Å². The van der Waals surface area contributed by atoms with Gasteiger partial charge >= 0.3 is 12.1 Å². The summed E-state index contributed by atoms with van der Waals surface area (Å²) in [6.07, 6.45) is 0.520. The van der Waals surface area contributed by atoms with Crippen LogP contribution in [0.4, 0.5) is 4.79 Å². The molecule has 1 aliphatic rings. The number of ether oxygens (including phenoxy) is 2. The lowest BCUT2D eigenvalue weighted by molar-refractivity contribution is -0.132. The molecule has 0 radical (unpaired) electrons. The van der Waals surface area contributed by atoms with Gasteiger partial charge in [-0.15, -0.1) is 0 Å². The third-order valence-corrected chi connectivity index (χ3v) is 3.27. The number of carbonyl (C=O) groups is 2. The summed E-state index contributed by atoms with van der Waals surface area (Å²) in [5, 5.41) is 18.3. The topological polar surface area (TPSA) is 106 Å². The molecule has 1 saturated carbocycles. The van der Waals surface area contributed by atoms with Gasteiger partial charge in [-0.1, -0.05) is 0 Å². The Morgan fingerprint density at radius 1 is 1.33 bits per heavy atom. The highest BCUT2D eigenvalue weighted by Gasteiger charge is 2.31. The molecule has 1 fully saturated rings. The van der Waals surface area contributed by atoms with Gasteiger partial charge in [0, 0.05) is 29.7 Å². The monoisotopic (exact) mass is 295 g/mol. The van der Waals surface area contributed by atoms with Gasteiger partial charge in [0.1, 0.15) is 6.61 Å². The summed E-state index contributed by atoms with van der Waals surface area (Å²) in [6, 6.07) is 0. The number of aromatic nitrogens is 1. The van der Waals surface area contributed by atoms with Crippen LogP contribution in [0, 0.1) is 6.92 Å². The number of carboxylic acid groups (broad SMARTS) is 1. The van der Waals surface area contributed by atoms with Crippen LogP contribution in [0.25, 0.3) is 0 Å². The Balaban J connectivity index is 2.50. The molecule has 1 heterocycles. The zero-order valence-corrected chi connectivity index (χ0v) is 11.9. The molecular weight excluding hydrogens is 278 g/mol. The number of aliphatic hydroxyl groups is 1. The first kappa shape index (κ1) is 15.2. The van der Waals surface area contributed by atoms with Gasteiger partial charge in [0.05, 0.1) is 12.3 Å². The summed E-state index contributed by atoms with van der Waals surface area (Å²) in [5.74, 6) is -0.113. The lowest BCUT2D eigenvalue weighted by atomic mass is 10.0. The number of hydrogen-bond donors (Lipinski definition) is 2. The quantitative estimate of drug-likeness (QED) is 0.799. The molecule has 0 aliphatic heterocycles. The van der Waals surface area contributed by atoms with Crippen LogP contribution in [-0.4, -0.2) is 27.3 Å². The molecule has 0 bridgehead atoms. The fourth-order valence-corrected chi connectivity index (χ4v) is 2.25. The van der Waals surface area contributed by atoms with E-state index >= 15 is 0 Å². The molecule has 0 saturated heterocycles. The van der Waals surface area contributed by atoms with E-state index < -0.39 is 12.1 Å². The number of pyridine rings is 1. The van der Waals surface area contributed by atoms with Crippen molar-refractivity contribution >= 4 is 12.1 Å². The van der Waals surface area contributed by atoms with Crippen molar-refractivity contribution in [2.75, 3.05) is 0 Å². The fourth-order valence-electron chi connectivity index (χ4n) is 2.25. The number of nitrogens with zero attached hydrogens (tertiary/aromatic N) is 1. The maximum atomic E-state index is 11.2. The van der Waals surface area contributed by atoms with Crippen molar-refractivity contribution < 1.29 is 29.3 Å². The standard InChI is InChI=1S/C14H17NO6/c1-7-13(21-8(2)17)11(6-20-14(18)19)10(5-16)12(15-7)9-3-4-9/h9,16H,3-6H2,1-2H3,(H,18,19). The van der Waals surface area contributed by atoms with Gasteiger partial charge in [0.25, 0.3) is 0 Å². The Hall–Kier alpha value is -2.15. The Morgan fingerprint density at radius 2 is 2.00 bits per heavy atom. The van der Waals surface area contributed by atoms with E-state index in [1.54, 1.807) is 6.92 Å². The molecule has 2 rings (SSSR count). The lowest BCUT2D eigenvalue weighted by Gasteiger charge is -2.18. The maximum absolute atomic E-state index is 11.2. The second kappa shape index (κ2) is 6.09. The summed E-state index contributed by atoms with van der Waals surface area (Å²) < 4.78 is 9.71. The van der Waals surface area contributed by atoms with Crippen molar-refractivity contribution in [2.45, 2.75) is 45.8 Å². The molecular formula is C14H17NO6. The third kappa shape index (κ3) is 3.49. The van der Waals surface area contributed by atoms with Gasteiger partial charge in [0.15, 0.2) is 5.75 Å². The van der Waals surface area contributed by atoms with Crippen molar-refractivity contribution in [1.29, 1.82) is 0 Å². The Morgan fingerprint density at radius 3 is 2.48 bits per heavy atom. The number of aliphatic hydroxyl groups excluding tert-OH is 1. The first-order chi connectivity index (χ1) is 9.93. The van der Waals surface area contributed by atoms with Crippen molar-refractivity contribution in [3.05, 3.63) is 22.5 Å². The van der Waals surface area contributed by atoms with E-state index in [2.05, 4.69) is 9.72 Å². The van der Waals surface area contributed by atoms with E-state index in [0.717, 1.165) is 18.5 Å². The smallest absolute Gasteiger partial charge is 0.450 e. The molecule has 7 heteroatoms. The van der Waals surface area contributed by atoms with E-state index in [9.17, 15) is 14.7 Å². The Kier molecular flexibility index (Phi) is 4.42. The molecule has 1 aliphatic carbocycles. The summed E-state index contributed by atoms with van der Waals surface area (Å²) in [4.78, 5) is 26.2. The highest BCUT2D eigenvalue weighted by atomic mass is 16.7. The summed E-state index contributed by atoms with van der Waals surface area (Å²) >= 11 is 0. The van der Waals surface area contributed by atoms with Crippen LogP contribution in [0.15, 0.2) is 0 Å². The molecule has 0 unspecified atom stereocenters. The van der Waals surface area contributed by atoms with Crippen molar-refractivity contribution in [1.82, 2.24) is 4.98 Å². The van der Waals surface area contributed by atoms with Gasteiger partial charge in [-0.05, 0) is 19.8 Å². The molecule has 1 aromatic heterocycles. The van der Waals surface area contributed by atoms with Crippen molar-refractivity contribution in [2.24, 2.45) is 0 Å². The average Bonchev–Trinajstić information content (AvgIpc) is 3.22. The minimum atomic E-state index is -1.44. The predicted octanol–water partition coefficient (Wildman–Crippen LogP) is 1.88. The first-order valence-electron chi connectivity index (χ1n) is 6.61. The summed E-state index contributed by atoms with van der Waals surface area (Å²) in [7, 11) is 0. The highest BCUT2D eigenvalue weighted by Crippen LogP contribution is 2.43. The molecule has 0 aromatic carbocycles. The van der Waals surface area contributed by atoms with E-state index in [1.165, 1.54) is 6.92 Å².